The number of benzene rings is 2. The Morgan fingerprint density at radius 2 is 1.93 bits per heavy atom. The number of H-pyrrole nitrogens is 1. The van der Waals surface area contributed by atoms with Gasteiger partial charge in [-0.15, -0.1) is 0 Å². The van der Waals surface area contributed by atoms with E-state index in [1.54, 1.807) is 0 Å². The third kappa shape index (κ3) is 4.06. The molecule has 2 N–H and O–H groups in total. The van der Waals surface area contributed by atoms with Crippen molar-refractivity contribution in [3.63, 3.8) is 0 Å². The number of urea groups is 1. The summed E-state index contributed by atoms with van der Waals surface area (Å²) < 4.78 is 13.1. The van der Waals surface area contributed by atoms with Gasteiger partial charge < -0.3 is 10.2 Å². The Kier molecular flexibility index (Phi) is 4.97. The maximum absolute atomic E-state index is 13.1. The lowest BCUT2D eigenvalue weighted by atomic mass is 10.2. The van der Waals surface area contributed by atoms with Crippen LogP contribution in [-0.4, -0.2) is 57.4 Å². The third-order valence-electron chi connectivity index (χ3n) is 4.78. The van der Waals surface area contributed by atoms with Crippen LogP contribution in [0.2, 0.25) is 0 Å². The second-order valence-electron chi connectivity index (χ2n) is 6.67. The maximum Gasteiger partial charge on any atom is 0.321 e. The Morgan fingerprint density at radius 1 is 1.07 bits per heavy atom. The van der Waals surface area contributed by atoms with E-state index >= 15 is 0 Å². The van der Waals surface area contributed by atoms with E-state index in [4.69, 9.17) is 0 Å². The van der Waals surface area contributed by atoms with Crippen molar-refractivity contribution < 1.29 is 9.18 Å². The number of anilines is 1. The zero-order valence-electron chi connectivity index (χ0n) is 14.9. The van der Waals surface area contributed by atoms with Crippen molar-refractivity contribution in [2.45, 2.75) is 13.0 Å². The van der Waals surface area contributed by atoms with Crippen molar-refractivity contribution in [1.82, 2.24) is 25.2 Å². The van der Waals surface area contributed by atoms with Crippen LogP contribution in [-0.2, 0) is 6.54 Å². The Balaban J connectivity index is 1.36. The molecule has 1 saturated heterocycles. The van der Waals surface area contributed by atoms with Gasteiger partial charge in [0, 0.05) is 32.7 Å². The van der Waals surface area contributed by atoms with Crippen molar-refractivity contribution in [3.05, 3.63) is 53.8 Å². The number of hydrogen-bond acceptors (Lipinski definition) is 4. The van der Waals surface area contributed by atoms with Crippen molar-refractivity contribution >= 4 is 22.8 Å². The summed E-state index contributed by atoms with van der Waals surface area (Å²) in [5.74, 6) is -0.223. The summed E-state index contributed by atoms with van der Waals surface area (Å²) in [6, 6.07) is 12.0. The zero-order chi connectivity index (χ0) is 18.6. The van der Waals surface area contributed by atoms with E-state index in [9.17, 15) is 9.18 Å². The van der Waals surface area contributed by atoms with Crippen molar-refractivity contribution in [2.24, 2.45) is 0 Å². The van der Waals surface area contributed by atoms with E-state index in [2.05, 4.69) is 25.6 Å². The molecule has 2 aromatic carbocycles. The Morgan fingerprint density at radius 3 is 2.78 bits per heavy atom. The topological polar surface area (TPSA) is 77.1 Å². The molecule has 1 fully saturated rings. The summed E-state index contributed by atoms with van der Waals surface area (Å²) in [6.07, 6.45) is 0.892. The molecule has 4 rings (SSSR count). The molecule has 0 atom stereocenters. The van der Waals surface area contributed by atoms with Gasteiger partial charge in [0.1, 0.15) is 16.9 Å². The number of halogens is 1. The van der Waals surface area contributed by atoms with E-state index in [0.717, 1.165) is 31.6 Å². The minimum Gasteiger partial charge on any atom is -0.323 e. The molecule has 0 saturated carbocycles. The number of aromatic nitrogens is 3. The van der Waals surface area contributed by atoms with E-state index in [0.29, 0.717) is 29.8 Å². The van der Waals surface area contributed by atoms with Gasteiger partial charge in [0.15, 0.2) is 0 Å². The summed E-state index contributed by atoms with van der Waals surface area (Å²) >= 11 is 0. The van der Waals surface area contributed by atoms with Crippen LogP contribution in [0.5, 0.6) is 0 Å². The lowest BCUT2D eigenvalue weighted by Gasteiger charge is -2.22. The molecule has 0 radical (unpaired) electrons. The second-order valence-corrected chi connectivity index (χ2v) is 6.67. The monoisotopic (exact) mass is 368 g/mol. The van der Waals surface area contributed by atoms with Crippen LogP contribution in [0.4, 0.5) is 14.9 Å². The molecular weight excluding hydrogens is 347 g/mol. The average molecular weight is 368 g/mol. The number of amides is 2. The fraction of sp³-hybridized carbons (Fsp3) is 0.316. The molecule has 27 heavy (non-hydrogen) atoms. The summed E-state index contributed by atoms with van der Waals surface area (Å²) in [7, 11) is 0. The zero-order valence-corrected chi connectivity index (χ0v) is 14.9. The Labute approximate surface area is 156 Å². The predicted octanol–water partition coefficient (Wildman–Crippen LogP) is 2.84. The molecule has 0 spiro atoms. The minimum absolute atomic E-state index is 0.130. The van der Waals surface area contributed by atoms with Crippen molar-refractivity contribution in [2.75, 3.05) is 31.5 Å². The van der Waals surface area contributed by atoms with Crippen LogP contribution in [0.1, 0.15) is 12.0 Å². The summed E-state index contributed by atoms with van der Waals surface area (Å²) in [4.78, 5) is 16.8. The number of rotatable bonds is 3. The first-order chi connectivity index (χ1) is 13.2. The second kappa shape index (κ2) is 7.71. The van der Waals surface area contributed by atoms with Gasteiger partial charge in [0.05, 0.1) is 5.69 Å². The highest BCUT2D eigenvalue weighted by molar-refractivity contribution is 5.98. The molecule has 140 valence electrons. The van der Waals surface area contributed by atoms with E-state index in [1.807, 2.05) is 35.2 Å². The van der Waals surface area contributed by atoms with E-state index in [1.165, 1.54) is 12.1 Å². The Bertz CT molecular complexity index is 925. The average Bonchev–Trinajstić information content (AvgIpc) is 3.04. The number of aromatic amines is 1. The first kappa shape index (κ1) is 17.4. The molecule has 8 heteroatoms. The fourth-order valence-corrected chi connectivity index (χ4v) is 3.34. The van der Waals surface area contributed by atoms with E-state index < -0.39 is 0 Å². The molecule has 1 aliphatic heterocycles. The standard InChI is InChI=1S/C19H21FN6O/c20-15-7-5-14(6-8-15)13-25-9-2-10-26(12-11-25)19(27)21-16-3-1-4-17-18(16)23-24-22-17/h1,3-8H,2,9-13H2,(H,21,27)(H,22,23,24). The third-order valence-corrected chi connectivity index (χ3v) is 4.78. The molecule has 2 heterocycles. The molecule has 2 amide bonds. The first-order valence-electron chi connectivity index (χ1n) is 9.01. The van der Waals surface area contributed by atoms with Crippen LogP contribution in [0.15, 0.2) is 42.5 Å². The number of fused-ring (bicyclic) bond motifs is 1. The highest BCUT2D eigenvalue weighted by atomic mass is 19.1. The van der Waals surface area contributed by atoms with Gasteiger partial charge in [-0.3, -0.25) is 4.90 Å². The quantitative estimate of drug-likeness (QED) is 0.745. The number of carbonyl (C=O) groups excluding carboxylic acids is 1. The lowest BCUT2D eigenvalue weighted by Crippen LogP contribution is -2.38. The van der Waals surface area contributed by atoms with E-state index in [-0.39, 0.29) is 11.8 Å². The largest absolute Gasteiger partial charge is 0.323 e. The van der Waals surface area contributed by atoms with Gasteiger partial charge in [-0.25, -0.2) is 9.18 Å². The van der Waals surface area contributed by atoms with Crippen molar-refractivity contribution in [1.29, 1.82) is 0 Å². The molecule has 3 aromatic rings. The molecule has 7 nitrogen and oxygen atoms in total. The fourth-order valence-electron chi connectivity index (χ4n) is 3.34. The van der Waals surface area contributed by atoms with Gasteiger partial charge in [0.2, 0.25) is 0 Å². The van der Waals surface area contributed by atoms with Crippen LogP contribution < -0.4 is 5.32 Å². The predicted molar refractivity (Wildman–Crippen MR) is 101 cm³/mol. The highest BCUT2D eigenvalue weighted by Crippen LogP contribution is 2.19. The summed E-state index contributed by atoms with van der Waals surface area (Å²) in [5, 5.41) is 13.7. The number of nitrogens with one attached hydrogen (secondary N) is 2. The van der Waals surface area contributed by atoms with Crippen LogP contribution in [0, 0.1) is 5.82 Å². The summed E-state index contributed by atoms with van der Waals surface area (Å²) in [6.45, 7) is 3.77. The number of hydrogen-bond donors (Lipinski definition) is 2. The first-order valence-corrected chi connectivity index (χ1v) is 9.01. The lowest BCUT2D eigenvalue weighted by molar-refractivity contribution is 0.211. The summed E-state index contributed by atoms with van der Waals surface area (Å²) in [5.41, 5.74) is 3.10. The number of para-hydroxylation sites is 1. The maximum atomic E-state index is 13.1. The van der Waals surface area contributed by atoms with Crippen LogP contribution >= 0.6 is 0 Å². The molecule has 0 bridgehead atoms. The van der Waals surface area contributed by atoms with Gasteiger partial charge in [-0.2, -0.15) is 15.4 Å². The van der Waals surface area contributed by atoms with Crippen LogP contribution in [0.25, 0.3) is 11.0 Å². The Hall–Kier alpha value is -3.00. The SMILES string of the molecule is O=C(Nc1cccc2n[nH]nc12)N1CCCN(Cc2ccc(F)cc2)CC1. The van der Waals surface area contributed by atoms with Gasteiger partial charge in [-0.05, 0) is 36.2 Å². The van der Waals surface area contributed by atoms with Crippen molar-refractivity contribution in [3.8, 4) is 0 Å². The van der Waals surface area contributed by atoms with Gasteiger partial charge >= 0.3 is 6.03 Å². The van der Waals surface area contributed by atoms with Crippen LogP contribution in [0.3, 0.4) is 0 Å². The smallest absolute Gasteiger partial charge is 0.321 e. The number of nitrogens with zero attached hydrogens (tertiary/aromatic N) is 4. The highest BCUT2D eigenvalue weighted by Gasteiger charge is 2.20. The van der Waals surface area contributed by atoms with Gasteiger partial charge in [-0.1, -0.05) is 18.2 Å². The molecule has 0 aliphatic carbocycles. The molecule has 1 aromatic heterocycles. The van der Waals surface area contributed by atoms with Gasteiger partial charge in [0.25, 0.3) is 0 Å². The normalized spacial score (nSPS) is 15.7. The number of carbonyl (C=O) groups is 1. The molecular formula is C19H21FN6O. The minimum atomic E-state index is -0.223. The molecule has 1 aliphatic rings. The molecule has 0 unspecified atom stereocenters.